The Morgan fingerprint density at radius 3 is 2.43 bits per heavy atom. The van der Waals surface area contributed by atoms with Crippen LogP contribution < -0.4 is 21.3 Å². The molecule has 23 heavy (non-hydrogen) atoms. The van der Waals surface area contributed by atoms with Gasteiger partial charge in [-0.3, -0.25) is 4.79 Å². The minimum absolute atomic E-state index is 0. The number of hydrogen-bond donors (Lipinski definition) is 4. The molecule has 4 N–H and O–H groups in total. The molecular weight excluding hydrogens is 316 g/mol. The molecule has 1 aromatic rings. The number of amides is 3. The first-order valence-corrected chi connectivity index (χ1v) is 7.70. The Kier molecular flexibility index (Phi) is 7.85. The van der Waals surface area contributed by atoms with Gasteiger partial charge in [-0.2, -0.15) is 0 Å². The van der Waals surface area contributed by atoms with Gasteiger partial charge in [0.1, 0.15) is 0 Å². The van der Waals surface area contributed by atoms with Crippen LogP contribution in [0.15, 0.2) is 24.3 Å². The van der Waals surface area contributed by atoms with E-state index < -0.39 is 0 Å². The number of halogens is 1. The highest BCUT2D eigenvalue weighted by Crippen LogP contribution is 2.19. The molecule has 1 atom stereocenters. The summed E-state index contributed by atoms with van der Waals surface area (Å²) in [7, 11) is 1.82. The Morgan fingerprint density at radius 2 is 1.87 bits per heavy atom. The minimum Gasteiger partial charge on any atom is -0.350 e. The number of carbonyl (C=O) groups excluding carboxylic acids is 2. The van der Waals surface area contributed by atoms with Gasteiger partial charge in [0.05, 0.1) is 6.04 Å². The molecule has 0 heterocycles. The highest BCUT2D eigenvalue weighted by Gasteiger charge is 2.23. The molecular formula is C16H25ClN4O2. The van der Waals surface area contributed by atoms with E-state index in [1.54, 1.807) is 0 Å². The molecule has 7 heteroatoms. The van der Waals surface area contributed by atoms with Crippen molar-refractivity contribution in [3.8, 4) is 0 Å². The van der Waals surface area contributed by atoms with Crippen LogP contribution in [-0.4, -0.2) is 31.6 Å². The second-order valence-electron chi connectivity index (χ2n) is 5.64. The van der Waals surface area contributed by atoms with E-state index in [9.17, 15) is 9.59 Å². The predicted molar refractivity (Wildman–Crippen MR) is 94.0 cm³/mol. The number of benzene rings is 1. The van der Waals surface area contributed by atoms with Gasteiger partial charge in [-0.15, -0.1) is 12.4 Å². The van der Waals surface area contributed by atoms with Crippen LogP contribution in [0.1, 0.15) is 37.8 Å². The number of nitrogens with one attached hydrogen (secondary N) is 4. The molecule has 0 aliphatic heterocycles. The van der Waals surface area contributed by atoms with Gasteiger partial charge in [-0.05, 0) is 44.5 Å². The van der Waals surface area contributed by atoms with Crippen molar-refractivity contribution < 1.29 is 9.59 Å². The van der Waals surface area contributed by atoms with Gasteiger partial charge in [-0.25, -0.2) is 4.79 Å². The Morgan fingerprint density at radius 1 is 1.22 bits per heavy atom. The number of rotatable bonds is 7. The van der Waals surface area contributed by atoms with E-state index in [0.29, 0.717) is 19.0 Å². The molecule has 1 aliphatic rings. The summed E-state index contributed by atoms with van der Waals surface area (Å²) in [5, 5.41) is 11.6. The van der Waals surface area contributed by atoms with Crippen LogP contribution in [0.25, 0.3) is 0 Å². The summed E-state index contributed by atoms with van der Waals surface area (Å²) in [6.45, 7) is 2.61. The lowest BCUT2D eigenvalue weighted by molar-refractivity contribution is -0.121. The summed E-state index contributed by atoms with van der Waals surface area (Å²) in [6.07, 6.45) is 2.59. The van der Waals surface area contributed by atoms with Gasteiger partial charge in [0.25, 0.3) is 0 Å². The normalized spacial score (nSPS) is 14.3. The number of anilines is 1. The van der Waals surface area contributed by atoms with E-state index in [1.807, 2.05) is 38.2 Å². The molecule has 0 saturated heterocycles. The molecule has 0 bridgehead atoms. The number of urea groups is 1. The first-order valence-electron chi connectivity index (χ1n) is 7.70. The van der Waals surface area contributed by atoms with Crippen molar-refractivity contribution in [1.82, 2.24) is 16.0 Å². The van der Waals surface area contributed by atoms with Crippen molar-refractivity contribution in [2.75, 3.05) is 18.9 Å². The third kappa shape index (κ3) is 6.88. The maximum atomic E-state index is 11.7. The minimum atomic E-state index is -0.163. The summed E-state index contributed by atoms with van der Waals surface area (Å²) in [6, 6.07) is 7.64. The van der Waals surface area contributed by atoms with E-state index in [2.05, 4.69) is 21.3 Å². The predicted octanol–water partition coefficient (Wildman–Crippen LogP) is 2.18. The van der Waals surface area contributed by atoms with E-state index in [0.717, 1.165) is 24.1 Å². The largest absolute Gasteiger partial charge is 0.350 e. The molecule has 1 fully saturated rings. The van der Waals surface area contributed by atoms with Crippen LogP contribution in [0.2, 0.25) is 0 Å². The molecule has 0 radical (unpaired) electrons. The van der Waals surface area contributed by atoms with Crippen LogP contribution in [0.5, 0.6) is 0 Å². The second kappa shape index (κ2) is 9.37. The van der Waals surface area contributed by atoms with E-state index in [-0.39, 0.29) is 30.4 Å². The molecule has 128 valence electrons. The summed E-state index contributed by atoms with van der Waals surface area (Å²) in [4.78, 5) is 23.3. The smallest absolute Gasteiger partial charge is 0.319 e. The van der Waals surface area contributed by atoms with Crippen molar-refractivity contribution in [3.05, 3.63) is 29.8 Å². The first kappa shape index (κ1) is 19.3. The van der Waals surface area contributed by atoms with Gasteiger partial charge in [-0.1, -0.05) is 12.1 Å². The Hall–Kier alpha value is -1.79. The zero-order chi connectivity index (χ0) is 15.9. The lowest BCUT2D eigenvalue weighted by Crippen LogP contribution is -2.30. The van der Waals surface area contributed by atoms with Crippen LogP contribution in [-0.2, 0) is 4.79 Å². The first-order chi connectivity index (χ1) is 10.6. The second-order valence-corrected chi connectivity index (χ2v) is 5.64. The van der Waals surface area contributed by atoms with Crippen molar-refractivity contribution in [3.63, 3.8) is 0 Å². The zero-order valence-corrected chi connectivity index (χ0v) is 14.3. The van der Waals surface area contributed by atoms with Crippen molar-refractivity contribution >= 4 is 30.0 Å². The fourth-order valence-electron chi connectivity index (χ4n) is 2.07. The molecule has 2 rings (SSSR count). The standard InChI is InChI=1S/C16H24N4O2.ClH/c1-11(18-15(21)9-10-17-2)12-3-5-13(6-4-12)19-16(22)20-14-7-8-14;/h3-6,11,14,17H,7-10H2,1-2H3,(H,18,21)(H2,19,20,22);1H. The van der Waals surface area contributed by atoms with Crippen LogP contribution in [0.3, 0.4) is 0 Å². The molecule has 0 aromatic heterocycles. The lowest BCUT2D eigenvalue weighted by Gasteiger charge is -2.15. The van der Waals surface area contributed by atoms with Crippen molar-refractivity contribution in [1.29, 1.82) is 0 Å². The van der Waals surface area contributed by atoms with Crippen molar-refractivity contribution in [2.45, 2.75) is 38.3 Å². The summed E-state index contributed by atoms with van der Waals surface area (Å²) in [5.74, 6) is 0.0212. The fourth-order valence-corrected chi connectivity index (χ4v) is 2.07. The number of hydrogen-bond acceptors (Lipinski definition) is 3. The molecule has 1 aliphatic carbocycles. The van der Waals surface area contributed by atoms with Gasteiger partial charge < -0.3 is 21.3 Å². The summed E-state index contributed by atoms with van der Waals surface area (Å²) in [5.41, 5.74) is 1.75. The lowest BCUT2D eigenvalue weighted by atomic mass is 10.1. The van der Waals surface area contributed by atoms with E-state index in [4.69, 9.17) is 0 Å². The van der Waals surface area contributed by atoms with E-state index in [1.165, 1.54) is 0 Å². The fraction of sp³-hybridized carbons (Fsp3) is 0.500. The number of carbonyl (C=O) groups is 2. The molecule has 6 nitrogen and oxygen atoms in total. The molecule has 1 saturated carbocycles. The zero-order valence-electron chi connectivity index (χ0n) is 13.5. The third-order valence-electron chi connectivity index (χ3n) is 3.56. The highest BCUT2D eigenvalue weighted by molar-refractivity contribution is 5.89. The summed E-state index contributed by atoms with van der Waals surface area (Å²) < 4.78 is 0. The van der Waals surface area contributed by atoms with Crippen LogP contribution in [0.4, 0.5) is 10.5 Å². The summed E-state index contributed by atoms with van der Waals surface area (Å²) >= 11 is 0. The average molecular weight is 341 g/mol. The maximum Gasteiger partial charge on any atom is 0.319 e. The average Bonchev–Trinajstić information content (AvgIpc) is 3.29. The quantitative estimate of drug-likeness (QED) is 0.614. The highest BCUT2D eigenvalue weighted by atomic mass is 35.5. The van der Waals surface area contributed by atoms with Crippen molar-refractivity contribution in [2.24, 2.45) is 0 Å². The Bertz CT molecular complexity index is 517. The SMILES string of the molecule is CNCCC(=O)NC(C)c1ccc(NC(=O)NC2CC2)cc1.Cl. The molecule has 0 spiro atoms. The maximum absolute atomic E-state index is 11.7. The van der Waals surface area contributed by atoms with Gasteiger partial charge in [0.2, 0.25) is 5.91 Å². The molecule has 3 amide bonds. The molecule has 1 aromatic carbocycles. The van der Waals surface area contributed by atoms with Gasteiger partial charge in [0.15, 0.2) is 0 Å². The third-order valence-corrected chi connectivity index (χ3v) is 3.56. The van der Waals surface area contributed by atoms with Crippen LogP contribution >= 0.6 is 12.4 Å². The Balaban J connectivity index is 0.00000264. The molecule has 1 unspecified atom stereocenters. The van der Waals surface area contributed by atoms with Crippen LogP contribution in [0, 0.1) is 0 Å². The monoisotopic (exact) mass is 340 g/mol. The van der Waals surface area contributed by atoms with Gasteiger partial charge >= 0.3 is 6.03 Å². The van der Waals surface area contributed by atoms with Gasteiger partial charge in [0, 0.05) is 24.7 Å². The van der Waals surface area contributed by atoms with E-state index >= 15 is 0 Å². The topological polar surface area (TPSA) is 82.3 Å². The Labute approximate surface area is 143 Å².